The molecule has 0 unspecified atom stereocenters. The molecule has 0 aliphatic carbocycles. The number of aromatic nitrogens is 9. The van der Waals surface area contributed by atoms with E-state index in [9.17, 15) is 8.78 Å². The highest BCUT2D eigenvalue weighted by Gasteiger charge is 2.24. The molecule has 10 nitrogen and oxygen atoms in total. The zero-order valence-electron chi connectivity index (χ0n) is 19.6. The number of methoxy groups -OCH3 is 1. The van der Waals surface area contributed by atoms with Crippen molar-refractivity contribution in [3.05, 3.63) is 76.9 Å². The van der Waals surface area contributed by atoms with E-state index in [1.807, 2.05) is 0 Å². The normalized spacial score (nSPS) is 12.4. The van der Waals surface area contributed by atoms with Crippen LogP contribution in [0.5, 0.6) is 0 Å². The lowest BCUT2D eigenvalue weighted by Gasteiger charge is -2.17. The number of rotatable bonds is 9. The van der Waals surface area contributed by atoms with Gasteiger partial charge in [-0.3, -0.25) is 9.67 Å². The Balaban J connectivity index is 1.52. The van der Waals surface area contributed by atoms with E-state index in [0.29, 0.717) is 40.2 Å². The van der Waals surface area contributed by atoms with Crippen molar-refractivity contribution in [1.29, 1.82) is 0 Å². The molecule has 1 aromatic carbocycles. The summed E-state index contributed by atoms with van der Waals surface area (Å²) in [5, 5.41) is 18.1. The van der Waals surface area contributed by atoms with Crippen molar-refractivity contribution in [2.24, 2.45) is 0 Å². The van der Waals surface area contributed by atoms with E-state index < -0.39 is 18.4 Å². The molecule has 0 fully saturated rings. The summed E-state index contributed by atoms with van der Waals surface area (Å²) in [6.45, 7) is -2.50. The highest BCUT2D eigenvalue weighted by atomic mass is 35.5. The highest BCUT2D eigenvalue weighted by Crippen LogP contribution is 2.34. The van der Waals surface area contributed by atoms with Crippen molar-refractivity contribution in [1.82, 2.24) is 40.1 Å². The highest BCUT2D eigenvalue weighted by molar-refractivity contribution is 6.33. The average Bonchev–Trinajstić information content (AvgIpc) is 3.68. The van der Waals surface area contributed by atoms with Gasteiger partial charge in [-0.1, -0.05) is 34.5 Å². The van der Waals surface area contributed by atoms with E-state index in [1.54, 1.807) is 36.2 Å². The molecule has 1 atom stereocenters. The zero-order chi connectivity index (χ0) is 26.8. The summed E-state index contributed by atoms with van der Waals surface area (Å²) in [6, 6.07) is 6.09. The van der Waals surface area contributed by atoms with Gasteiger partial charge in [-0.2, -0.15) is 19.0 Å². The van der Waals surface area contributed by atoms with Gasteiger partial charge >= 0.3 is 6.55 Å². The van der Waals surface area contributed by atoms with Crippen molar-refractivity contribution < 1.29 is 22.6 Å². The molecule has 15 heteroatoms. The Bertz CT molecular complexity index is 1540. The summed E-state index contributed by atoms with van der Waals surface area (Å²) in [5.41, 5.74) is 2.11. The second-order valence-electron chi connectivity index (χ2n) is 8.10. The minimum absolute atomic E-state index is 0.0513. The van der Waals surface area contributed by atoms with Crippen LogP contribution in [-0.2, 0) is 4.74 Å². The van der Waals surface area contributed by atoms with Gasteiger partial charge in [0.05, 0.1) is 45.4 Å². The summed E-state index contributed by atoms with van der Waals surface area (Å²) >= 11 is 12.2. The van der Waals surface area contributed by atoms with E-state index >= 15 is 4.39 Å². The van der Waals surface area contributed by atoms with Crippen molar-refractivity contribution >= 4 is 23.2 Å². The van der Waals surface area contributed by atoms with Crippen molar-refractivity contribution in [2.45, 2.75) is 19.0 Å². The maximum absolute atomic E-state index is 15.2. The van der Waals surface area contributed by atoms with Gasteiger partial charge in [-0.05, 0) is 24.6 Å². The summed E-state index contributed by atoms with van der Waals surface area (Å²) in [7, 11) is 1.56. The van der Waals surface area contributed by atoms with Crippen LogP contribution in [0.2, 0.25) is 10.0 Å². The van der Waals surface area contributed by atoms with Crippen LogP contribution in [0.25, 0.3) is 28.1 Å². The van der Waals surface area contributed by atoms with E-state index in [2.05, 4.69) is 30.7 Å². The molecule has 5 rings (SSSR count). The molecule has 4 aromatic heterocycles. The fraction of sp³-hybridized carbons (Fsp3) is 0.217. The molecule has 0 saturated carbocycles. The average molecular weight is 565 g/mol. The number of pyridine rings is 1. The van der Waals surface area contributed by atoms with Gasteiger partial charge in [0.2, 0.25) is 0 Å². The molecule has 0 aliphatic rings. The van der Waals surface area contributed by atoms with E-state index in [-0.39, 0.29) is 21.3 Å². The van der Waals surface area contributed by atoms with Crippen LogP contribution in [0.4, 0.5) is 13.2 Å². The summed E-state index contributed by atoms with van der Waals surface area (Å²) in [4.78, 5) is 4.57. The molecule has 196 valence electrons. The Hall–Kier alpha value is -3.81. The lowest BCUT2D eigenvalue weighted by Crippen LogP contribution is -2.33. The van der Waals surface area contributed by atoms with Gasteiger partial charge in [0.25, 0.3) is 6.33 Å². The number of halogens is 5. The van der Waals surface area contributed by atoms with E-state index in [4.69, 9.17) is 27.9 Å². The first-order chi connectivity index (χ1) is 18.4. The van der Waals surface area contributed by atoms with Gasteiger partial charge in [0.1, 0.15) is 10.8 Å². The molecule has 4 heterocycles. The Morgan fingerprint density at radius 2 is 1.89 bits per heavy atom. The van der Waals surface area contributed by atoms with Crippen LogP contribution in [0.3, 0.4) is 0 Å². The number of alkyl halides is 2. The summed E-state index contributed by atoms with van der Waals surface area (Å²) in [5.74, 6) is -0.624. The number of hydrogen-bond acceptors (Lipinski definition) is 6. The molecule has 38 heavy (non-hydrogen) atoms. The zero-order valence-corrected chi connectivity index (χ0v) is 21.2. The predicted molar refractivity (Wildman–Crippen MR) is 130 cm³/mol. The lowest BCUT2D eigenvalue weighted by molar-refractivity contribution is -0.659. The molecule has 0 amide bonds. The number of benzene rings is 1. The van der Waals surface area contributed by atoms with Crippen molar-refractivity contribution in [2.75, 3.05) is 13.7 Å². The van der Waals surface area contributed by atoms with Crippen molar-refractivity contribution in [3.63, 3.8) is 0 Å². The third kappa shape index (κ3) is 4.87. The number of ether oxygens (including phenoxy) is 1. The number of hydrogen-bond donors (Lipinski definition) is 1. The predicted octanol–water partition coefficient (Wildman–Crippen LogP) is 4.67. The van der Waals surface area contributed by atoms with Crippen LogP contribution in [0.1, 0.15) is 24.7 Å². The van der Waals surface area contributed by atoms with Crippen LogP contribution in [0.15, 0.2) is 55.4 Å². The Kier molecular flexibility index (Phi) is 7.40. The molecule has 5 aromatic rings. The maximum Gasteiger partial charge on any atom is 0.333 e. The number of nitrogens with one attached hydrogen (secondary N) is 1. The maximum atomic E-state index is 15.2. The number of nitrogens with zero attached hydrogens (tertiary/aromatic N) is 8. The van der Waals surface area contributed by atoms with Crippen LogP contribution >= 0.6 is 23.2 Å². The van der Waals surface area contributed by atoms with Gasteiger partial charge in [0.15, 0.2) is 11.0 Å². The van der Waals surface area contributed by atoms with Crippen molar-refractivity contribution in [3.8, 4) is 28.1 Å². The standard InChI is InChI=1S/C23H18Cl2F3N9O/c1-38-7-6-18(35-11-14(9-31-35)22-16(25)10-32-37(22)23(27)28)17-4-2-13(8-29-17)20-19(36-12-30-33-34-36)5-3-15(24)21(20)26/h2-5,8-12,18,23H,6-7H2,1H3/p+1/t18-/m0/s1. The van der Waals surface area contributed by atoms with E-state index in [1.165, 1.54) is 29.5 Å². The fourth-order valence-corrected chi connectivity index (χ4v) is 4.49. The Morgan fingerprint density at radius 1 is 1.05 bits per heavy atom. The SMILES string of the molecule is COCC[C@@H](c1ccc(-c2c(-[n+]3cnn[nH]3)ccc(Cl)c2F)cn1)n1cc(-c2c(Cl)cnn2C(F)F)cn1. The third-order valence-electron chi connectivity index (χ3n) is 5.85. The third-order valence-corrected chi connectivity index (χ3v) is 6.42. The second kappa shape index (κ2) is 10.9. The monoisotopic (exact) mass is 564 g/mol. The smallest absolute Gasteiger partial charge is 0.333 e. The fourth-order valence-electron chi connectivity index (χ4n) is 4.09. The topological polar surface area (TPSA) is 103 Å². The van der Waals surface area contributed by atoms with E-state index in [0.717, 1.165) is 6.20 Å². The van der Waals surface area contributed by atoms with Gasteiger partial charge < -0.3 is 4.74 Å². The minimum Gasteiger partial charge on any atom is -0.385 e. The largest absolute Gasteiger partial charge is 0.385 e. The Labute approximate surface area is 223 Å². The first kappa shape index (κ1) is 25.8. The lowest BCUT2D eigenvalue weighted by atomic mass is 10.0. The first-order valence-corrected chi connectivity index (χ1v) is 11.9. The molecule has 0 bridgehead atoms. The molecule has 0 radical (unpaired) electrons. The first-order valence-electron chi connectivity index (χ1n) is 11.2. The minimum atomic E-state index is -2.87. The van der Waals surface area contributed by atoms with Crippen LogP contribution < -0.4 is 4.68 Å². The second-order valence-corrected chi connectivity index (χ2v) is 8.91. The van der Waals surface area contributed by atoms with Gasteiger partial charge in [-0.25, -0.2) is 9.07 Å². The molecular weight excluding hydrogens is 546 g/mol. The quantitative estimate of drug-likeness (QED) is 0.261. The Morgan fingerprint density at radius 3 is 2.58 bits per heavy atom. The molecular formula is C23H19Cl2F3N9O+. The molecule has 0 saturated heterocycles. The van der Waals surface area contributed by atoms with Crippen LogP contribution in [-0.4, -0.2) is 53.8 Å². The molecule has 0 aliphatic heterocycles. The number of aromatic amines is 1. The number of tetrazole rings is 1. The van der Waals surface area contributed by atoms with Gasteiger partial charge in [0, 0.05) is 37.2 Å². The summed E-state index contributed by atoms with van der Waals surface area (Å²) in [6.07, 6.45) is 7.57. The molecule has 0 spiro atoms. The van der Waals surface area contributed by atoms with Crippen LogP contribution in [0, 0.1) is 5.82 Å². The summed E-state index contributed by atoms with van der Waals surface area (Å²) < 4.78 is 50.8. The molecule has 1 N–H and O–H groups in total. The number of H-pyrrole nitrogens is 1. The van der Waals surface area contributed by atoms with Gasteiger partial charge in [-0.15, -0.1) is 4.68 Å².